The van der Waals surface area contributed by atoms with Crippen molar-refractivity contribution >= 4 is 16.5 Å². The van der Waals surface area contributed by atoms with Gasteiger partial charge in [-0.15, -0.1) is 11.3 Å². The molecule has 2 aromatic rings. The third-order valence-corrected chi connectivity index (χ3v) is 4.87. The molecule has 2 heterocycles. The Bertz CT molecular complexity index is 598. The van der Waals surface area contributed by atoms with Gasteiger partial charge in [-0.05, 0) is 24.3 Å². The zero-order chi connectivity index (χ0) is 16.8. The zero-order valence-electron chi connectivity index (χ0n) is 13.8. The van der Waals surface area contributed by atoms with Gasteiger partial charge < -0.3 is 19.5 Å². The first-order valence-corrected chi connectivity index (χ1v) is 8.94. The SMILES string of the molecule is COc1ccc(OCC(O)CN2CCN(c3nccs3)CC2)cc1. The molecule has 24 heavy (non-hydrogen) atoms. The van der Waals surface area contributed by atoms with E-state index in [1.54, 1.807) is 18.4 Å². The number of nitrogens with zero attached hydrogens (tertiary/aromatic N) is 3. The molecule has 0 radical (unpaired) electrons. The van der Waals surface area contributed by atoms with Crippen LogP contribution >= 0.6 is 11.3 Å². The Kier molecular flexibility index (Phi) is 5.90. The average molecular weight is 349 g/mol. The molecule has 1 aliphatic heterocycles. The molecule has 0 bridgehead atoms. The van der Waals surface area contributed by atoms with Crippen LogP contribution in [0.2, 0.25) is 0 Å². The molecule has 1 atom stereocenters. The summed E-state index contributed by atoms with van der Waals surface area (Å²) < 4.78 is 10.7. The molecular weight excluding hydrogens is 326 g/mol. The minimum Gasteiger partial charge on any atom is -0.497 e. The molecule has 1 N–H and O–H groups in total. The monoisotopic (exact) mass is 349 g/mol. The highest BCUT2D eigenvalue weighted by Crippen LogP contribution is 2.19. The van der Waals surface area contributed by atoms with Crippen LogP contribution in [0, 0.1) is 0 Å². The second-order valence-corrected chi connectivity index (χ2v) is 6.62. The largest absolute Gasteiger partial charge is 0.497 e. The Morgan fingerprint density at radius 1 is 1.17 bits per heavy atom. The summed E-state index contributed by atoms with van der Waals surface area (Å²) in [5.41, 5.74) is 0. The van der Waals surface area contributed by atoms with Crippen LogP contribution in [0.1, 0.15) is 0 Å². The highest BCUT2D eigenvalue weighted by atomic mass is 32.1. The fourth-order valence-electron chi connectivity index (χ4n) is 2.71. The van der Waals surface area contributed by atoms with Crippen molar-refractivity contribution in [1.29, 1.82) is 0 Å². The number of benzene rings is 1. The Morgan fingerprint density at radius 3 is 2.50 bits per heavy atom. The van der Waals surface area contributed by atoms with Crippen LogP contribution in [0.15, 0.2) is 35.8 Å². The van der Waals surface area contributed by atoms with Crippen LogP contribution in [0.5, 0.6) is 11.5 Å². The van der Waals surface area contributed by atoms with Crippen molar-refractivity contribution in [3.05, 3.63) is 35.8 Å². The van der Waals surface area contributed by atoms with Crippen molar-refractivity contribution in [3.63, 3.8) is 0 Å². The number of hydrogen-bond donors (Lipinski definition) is 1. The van der Waals surface area contributed by atoms with Gasteiger partial charge in [0.05, 0.1) is 7.11 Å². The van der Waals surface area contributed by atoms with Crippen LogP contribution in [0.4, 0.5) is 5.13 Å². The van der Waals surface area contributed by atoms with E-state index in [9.17, 15) is 5.11 Å². The number of thiazole rings is 1. The molecule has 3 rings (SSSR count). The van der Waals surface area contributed by atoms with Gasteiger partial charge in [-0.1, -0.05) is 0 Å². The summed E-state index contributed by atoms with van der Waals surface area (Å²) in [6, 6.07) is 7.38. The van der Waals surface area contributed by atoms with Crippen molar-refractivity contribution in [2.75, 3.05) is 51.3 Å². The molecule has 1 aromatic carbocycles. The minimum atomic E-state index is -0.501. The Hall–Kier alpha value is -1.83. The molecule has 1 unspecified atom stereocenters. The second-order valence-electron chi connectivity index (χ2n) is 5.74. The lowest BCUT2D eigenvalue weighted by molar-refractivity contribution is 0.0663. The minimum absolute atomic E-state index is 0.291. The van der Waals surface area contributed by atoms with Crippen LogP contribution in [-0.2, 0) is 0 Å². The maximum absolute atomic E-state index is 10.2. The van der Waals surface area contributed by atoms with Gasteiger partial charge in [-0.2, -0.15) is 0 Å². The summed E-state index contributed by atoms with van der Waals surface area (Å²) in [4.78, 5) is 8.91. The van der Waals surface area contributed by atoms with E-state index in [0.717, 1.165) is 42.8 Å². The Labute approximate surface area is 146 Å². The topological polar surface area (TPSA) is 58.1 Å². The van der Waals surface area contributed by atoms with Crippen molar-refractivity contribution in [2.24, 2.45) is 0 Å². The number of aliphatic hydroxyl groups is 1. The van der Waals surface area contributed by atoms with Gasteiger partial charge in [-0.3, -0.25) is 4.90 Å². The lowest BCUT2D eigenvalue weighted by atomic mass is 10.2. The van der Waals surface area contributed by atoms with Crippen LogP contribution < -0.4 is 14.4 Å². The van der Waals surface area contributed by atoms with Crippen LogP contribution in [0.3, 0.4) is 0 Å². The van der Waals surface area contributed by atoms with Gasteiger partial charge in [0.1, 0.15) is 24.2 Å². The average Bonchev–Trinajstić information content (AvgIpc) is 3.16. The molecule has 0 aliphatic carbocycles. The molecular formula is C17H23N3O3S. The summed E-state index contributed by atoms with van der Waals surface area (Å²) in [6.45, 7) is 4.67. The van der Waals surface area contributed by atoms with E-state index in [1.165, 1.54) is 0 Å². The van der Waals surface area contributed by atoms with E-state index >= 15 is 0 Å². The van der Waals surface area contributed by atoms with E-state index in [4.69, 9.17) is 9.47 Å². The first-order chi connectivity index (χ1) is 11.7. The quantitative estimate of drug-likeness (QED) is 0.821. The number of β-amino-alcohol motifs (C(OH)–C–C–N with tert-alkyl or cyclic N) is 1. The fraction of sp³-hybridized carbons (Fsp3) is 0.471. The highest BCUT2D eigenvalue weighted by Gasteiger charge is 2.20. The van der Waals surface area contributed by atoms with Gasteiger partial charge in [0.2, 0.25) is 0 Å². The molecule has 1 aromatic heterocycles. The molecule has 7 heteroatoms. The van der Waals surface area contributed by atoms with Gasteiger partial charge in [0.25, 0.3) is 0 Å². The maximum atomic E-state index is 10.2. The highest BCUT2D eigenvalue weighted by molar-refractivity contribution is 7.13. The standard InChI is InChI=1S/C17H23N3O3S/c1-22-15-2-4-16(5-3-15)23-13-14(21)12-19-7-9-20(10-8-19)17-18-6-11-24-17/h2-6,11,14,21H,7-10,12-13H2,1H3. The molecule has 0 saturated carbocycles. The van der Waals surface area contributed by atoms with Crippen molar-refractivity contribution in [1.82, 2.24) is 9.88 Å². The van der Waals surface area contributed by atoms with Crippen molar-refractivity contribution in [3.8, 4) is 11.5 Å². The van der Waals surface area contributed by atoms with E-state index in [0.29, 0.717) is 13.2 Å². The molecule has 1 fully saturated rings. The van der Waals surface area contributed by atoms with E-state index in [2.05, 4.69) is 14.8 Å². The lowest BCUT2D eigenvalue weighted by Crippen LogP contribution is -2.49. The van der Waals surface area contributed by atoms with Crippen LogP contribution in [0.25, 0.3) is 0 Å². The van der Waals surface area contributed by atoms with Gasteiger partial charge in [-0.25, -0.2) is 4.98 Å². The number of aromatic nitrogens is 1. The van der Waals surface area contributed by atoms with Gasteiger partial charge in [0.15, 0.2) is 5.13 Å². The Balaban J connectivity index is 1.38. The number of hydrogen-bond acceptors (Lipinski definition) is 7. The zero-order valence-corrected chi connectivity index (χ0v) is 14.6. The molecule has 0 amide bonds. The normalized spacial score (nSPS) is 16.8. The summed E-state index contributed by atoms with van der Waals surface area (Å²) in [5.74, 6) is 1.53. The second kappa shape index (κ2) is 8.32. The first kappa shape index (κ1) is 17.0. The predicted octanol–water partition coefficient (Wildman–Crippen LogP) is 1.71. The Morgan fingerprint density at radius 2 is 1.88 bits per heavy atom. The fourth-order valence-corrected chi connectivity index (χ4v) is 3.41. The van der Waals surface area contributed by atoms with Gasteiger partial charge >= 0.3 is 0 Å². The maximum Gasteiger partial charge on any atom is 0.185 e. The smallest absolute Gasteiger partial charge is 0.185 e. The van der Waals surface area contributed by atoms with Gasteiger partial charge in [0, 0.05) is 44.3 Å². The number of ether oxygens (including phenoxy) is 2. The van der Waals surface area contributed by atoms with E-state index < -0.39 is 6.10 Å². The molecule has 0 spiro atoms. The molecule has 130 valence electrons. The van der Waals surface area contributed by atoms with Crippen molar-refractivity contribution < 1.29 is 14.6 Å². The summed E-state index contributed by atoms with van der Waals surface area (Å²) in [7, 11) is 1.63. The number of rotatable bonds is 7. The molecule has 1 aliphatic rings. The first-order valence-electron chi connectivity index (χ1n) is 8.06. The number of piperazine rings is 1. The number of anilines is 1. The molecule has 6 nitrogen and oxygen atoms in total. The molecule has 1 saturated heterocycles. The number of aliphatic hydroxyl groups excluding tert-OH is 1. The van der Waals surface area contributed by atoms with Crippen molar-refractivity contribution in [2.45, 2.75) is 6.10 Å². The number of methoxy groups -OCH3 is 1. The third-order valence-electron chi connectivity index (χ3n) is 4.03. The summed E-state index contributed by atoms with van der Waals surface area (Å²) >= 11 is 1.67. The van der Waals surface area contributed by atoms with E-state index in [1.807, 2.05) is 35.8 Å². The summed E-state index contributed by atoms with van der Waals surface area (Å²) in [5, 5.41) is 13.3. The van der Waals surface area contributed by atoms with Crippen LogP contribution in [-0.4, -0.2) is 67.5 Å². The van der Waals surface area contributed by atoms with E-state index in [-0.39, 0.29) is 0 Å². The third kappa shape index (κ3) is 4.59. The lowest BCUT2D eigenvalue weighted by Gasteiger charge is -2.35. The summed E-state index contributed by atoms with van der Waals surface area (Å²) in [6.07, 6.45) is 1.34. The predicted molar refractivity (Wildman–Crippen MR) is 95.3 cm³/mol.